The summed E-state index contributed by atoms with van der Waals surface area (Å²) in [7, 11) is 1.37. The van der Waals surface area contributed by atoms with Crippen molar-refractivity contribution in [2.24, 2.45) is 0 Å². The fraction of sp³-hybridized carbons (Fsp3) is 0.533. The maximum absolute atomic E-state index is 11.1. The van der Waals surface area contributed by atoms with Gasteiger partial charge in [0.25, 0.3) is 0 Å². The van der Waals surface area contributed by atoms with Gasteiger partial charge in [-0.1, -0.05) is 0 Å². The maximum Gasteiger partial charge on any atom is 0.308 e. The van der Waals surface area contributed by atoms with Gasteiger partial charge in [-0.2, -0.15) is 0 Å². The first-order valence-electron chi connectivity index (χ1n) is 6.65. The largest absolute Gasteiger partial charge is 0.491 e. The number of hydrogen-bond acceptors (Lipinski definition) is 4. The highest BCUT2D eigenvalue weighted by Gasteiger charge is 2.13. The number of esters is 1. The summed E-state index contributed by atoms with van der Waals surface area (Å²) in [5.41, 5.74) is 1.21. The Morgan fingerprint density at radius 1 is 1.24 bits per heavy atom. The van der Waals surface area contributed by atoms with Gasteiger partial charge in [-0.25, -0.2) is 0 Å². The van der Waals surface area contributed by atoms with Crippen molar-refractivity contribution in [1.82, 2.24) is 5.32 Å². The summed E-state index contributed by atoms with van der Waals surface area (Å²) in [6.07, 6.45) is 0.225. The van der Waals surface area contributed by atoms with Gasteiger partial charge < -0.3 is 14.8 Å². The zero-order valence-corrected chi connectivity index (χ0v) is 15.9. The average Bonchev–Trinajstić information content (AvgIpc) is 2.38. The molecule has 118 valence electrons. The van der Waals surface area contributed by atoms with Crippen LogP contribution >= 0.6 is 31.9 Å². The van der Waals surface area contributed by atoms with Crippen LogP contribution in [0.25, 0.3) is 0 Å². The number of benzene rings is 1. The zero-order valence-electron chi connectivity index (χ0n) is 12.8. The Morgan fingerprint density at radius 2 is 1.81 bits per heavy atom. The second-order valence-corrected chi connectivity index (χ2v) is 7.38. The van der Waals surface area contributed by atoms with Gasteiger partial charge in [0.2, 0.25) is 0 Å². The molecule has 0 heterocycles. The molecule has 1 N–H and O–H groups in total. The van der Waals surface area contributed by atoms with E-state index in [9.17, 15) is 4.79 Å². The number of carbonyl (C=O) groups excluding carboxylic acids is 1. The Hall–Kier alpha value is -0.590. The minimum Gasteiger partial charge on any atom is -0.491 e. The van der Waals surface area contributed by atoms with Gasteiger partial charge in [-0.3, -0.25) is 4.79 Å². The number of nitrogens with one attached hydrogen (secondary N) is 1. The lowest BCUT2D eigenvalue weighted by Crippen LogP contribution is -2.35. The van der Waals surface area contributed by atoms with Crippen molar-refractivity contribution in [2.75, 3.05) is 13.7 Å². The predicted octanol–water partition coefficient (Wildman–Crippen LogP) is 4.04. The van der Waals surface area contributed by atoms with Crippen LogP contribution in [0.15, 0.2) is 21.1 Å². The van der Waals surface area contributed by atoms with E-state index < -0.39 is 0 Å². The van der Waals surface area contributed by atoms with Gasteiger partial charge >= 0.3 is 5.97 Å². The molecule has 0 aliphatic carbocycles. The van der Waals surface area contributed by atoms with E-state index >= 15 is 0 Å². The zero-order chi connectivity index (χ0) is 16.0. The molecule has 1 rings (SSSR count). The number of ether oxygens (including phenoxy) is 2. The minimum absolute atomic E-state index is 0.0641. The Balaban J connectivity index is 2.69. The van der Waals surface area contributed by atoms with E-state index in [4.69, 9.17) is 4.74 Å². The van der Waals surface area contributed by atoms with Gasteiger partial charge in [0.05, 0.1) is 29.1 Å². The van der Waals surface area contributed by atoms with Crippen molar-refractivity contribution in [1.29, 1.82) is 0 Å². The number of carbonyl (C=O) groups is 1. The van der Waals surface area contributed by atoms with Crippen LogP contribution in [0.5, 0.6) is 5.75 Å². The Labute approximate surface area is 142 Å². The molecule has 0 saturated heterocycles. The molecule has 0 aliphatic rings. The highest BCUT2D eigenvalue weighted by atomic mass is 79.9. The Bertz CT molecular complexity index is 475. The summed E-state index contributed by atoms with van der Waals surface area (Å²) in [6, 6.07) is 4.02. The number of hydrogen-bond donors (Lipinski definition) is 1. The first-order chi connectivity index (χ1) is 9.73. The molecular weight excluding hydrogens is 402 g/mol. The third-order valence-electron chi connectivity index (χ3n) is 2.66. The predicted molar refractivity (Wildman–Crippen MR) is 90.6 cm³/mol. The van der Waals surface area contributed by atoms with Crippen molar-refractivity contribution in [3.8, 4) is 5.75 Å². The molecule has 0 amide bonds. The molecule has 0 fully saturated rings. The van der Waals surface area contributed by atoms with E-state index in [0.29, 0.717) is 5.75 Å². The topological polar surface area (TPSA) is 47.6 Å². The molecule has 0 saturated carbocycles. The quantitative estimate of drug-likeness (QED) is 0.702. The molecule has 4 nitrogen and oxygen atoms in total. The van der Waals surface area contributed by atoms with Gasteiger partial charge in [0, 0.05) is 12.1 Å². The van der Waals surface area contributed by atoms with Crippen molar-refractivity contribution >= 4 is 37.8 Å². The lowest BCUT2D eigenvalue weighted by atomic mass is 10.1. The van der Waals surface area contributed by atoms with Gasteiger partial charge in [0.1, 0.15) is 5.75 Å². The smallest absolute Gasteiger partial charge is 0.308 e. The monoisotopic (exact) mass is 421 g/mol. The van der Waals surface area contributed by atoms with Gasteiger partial charge in [-0.15, -0.1) is 0 Å². The van der Waals surface area contributed by atoms with Crippen LogP contribution in [0.1, 0.15) is 32.8 Å². The molecule has 0 spiro atoms. The minimum atomic E-state index is -0.284. The summed E-state index contributed by atoms with van der Waals surface area (Å²) >= 11 is 7.01. The first kappa shape index (κ1) is 18.5. The lowest BCUT2D eigenvalue weighted by molar-refractivity contribution is -0.141. The van der Waals surface area contributed by atoms with E-state index in [1.165, 1.54) is 7.11 Å². The number of halogens is 2. The second-order valence-electron chi connectivity index (χ2n) is 5.67. The van der Waals surface area contributed by atoms with Gasteiger partial charge in [-0.05, 0) is 70.3 Å². The number of rotatable bonds is 6. The van der Waals surface area contributed by atoms with Crippen LogP contribution in [-0.2, 0) is 16.1 Å². The van der Waals surface area contributed by atoms with Crippen LogP contribution in [0.4, 0.5) is 0 Å². The molecule has 0 aromatic heterocycles. The summed E-state index contributed by atoms with van der Waals surface area (Å²) in [5.74, 6) is 0.409. The van der Waals surface area contributed by atoms with Crippen LogP contribution in [-0.4, -0.2) is 25.2 Å². The fourth-order valence-electron chi connectivity index (χ4n) is 1.56. The van der Waals surface area contributed by atoms with Crippen LogP contribution in [0, 0.1) is 0 Å². The van der Waals surface area contributed by atoms with E-state index in [1.54, 1.807) is 0 Å². The third-order valence-corrected chi connectivity index (χ3v) is 3.84. The second kappa shape index (κ2) is 8.15. The third kappa shape index (κ3) is 6.80. The molecular formula is C15H21Br2NO3. The molecule has 6 heteroatoms. The molecule has 1 aromatic rings. The Morgan fingerprint density at radius 3 is 2.29 bits per heavy atom. The highest BCUT2D eigenvalue weighted by Crippen LogP contribution is 2.35. The van der Waals surface area contributed by atoms with Crippen molar-refractivity contribution in [2.45, 2.75) is 39.3 Å². The molecule has 0 atom stereocenters. The van der Waals surface area contributed by atoms with Crippen LogP contribution in [0.2, 0.25) is 0 Å². The highest BCUT2D eigenvalue weighted by molar-refractivity contribution is 9.11. The average molecular weight is 423 g/mol. The fourth-order valence-corrected chi connectivity index (χ4v) is 3.07. The first-order valence-corrected chi connectivity index (χ1v) is 8.24. The molecule has 0 aliphatic heterocycles. The normalized spacial score (nSPS) is 11.3. The molecule has 21 heavy (non-hydrogen) atoms. The van der Waals surface area contributed by atoms with E-state index in [1.807, 2.05) is 12.1 Å². The summed E-state index contributed by atoms with van der Waals surface area (Å²) in [4.78, 5) is 11.1. The number of methoxy groups -OCH3 is 1. The van der Waals surface area contributed by atoms with E-state index in [-0.39, 0.29) is 24.5 Å². The molecule has 0 radical (unpaired) electrons. The molecule has 0 bridgehead atoms. The standard InChI is InChI=1S/C15H21Br2NO3/c1-15(2,3)18-9-10-7-11(16)14(12(17)8-10)21-6-5-13(19)20-4/h7-8,18H,5-6,9H2,1-4H3. The summed E-state index contributed by atoms with van der Waals surface area (Å²) in [6.45, 7) is 7.43. The molecule has 0 unspecified atom stereocenters. The van der Waals surface area contributed by atoms with Crippen molar-refractivity contribution in [3.63, 3.8) is 0 Å². The SMILES string of the molecule is COC(=O)CCOc1c(Br)cc(CNC(C)(C)C)cc1Br. The summed E-state index contributed by atoms with van der Waals surface area (Å²) < 4.78 is 11.9. The Kier molecular flexibility index (Phi) is 7.16. The maximum atomic E-state index is 11.1. The van der Waals surface area contributed by atoms with Gasteiger partial charge in [0.15, 0.2) is 0 Å². The van der Waals surface area contributed by atoms with Crippen LogP contribution < -0.4 is 10.1 Å². The van der Waals surface area contributed by atoms with Crippen molar-refractivity contribution in [3.05, 3.63) is 26.6 Å². The summed E-state index contributed by atoms with van der Waals surface area (Å²) in [5, 5.41) is 3.43. The molecule has 1 aromatic carbocycles. The van der Waals surface area contributed by atoms with Crippen LogP contribution in [0.3, 0.4) is 0 Å². The van der Waals surface area contributed by atoms with E-state index in [2.05, 4.69) is 62.7 Å². The lowest BCUT2D eigenvalue weighted by Gasteiger charge is -2.21. The van der Waals surface area contributed by atoms with E-state index in [0.717, 1.165) is 21.1 Å². The van der Waals surface area contributed by atoms with Crippen molar-refractivity contribution < 1.29 is 14.3 Å².